The summed E-state index contributed by atoms with van der Waals surface area (Å²) in [6, 6.07) is 9.71. The highest BCUT2D eigenvalue weighted by Gasteiger charge is 2.03. The fourth-order valence-corrected chi connectivity index (χ4v) is 1.31. The minimum absolute atomic E-state index is 0.118. The Morgan fingerprint density at radius 2 is 2.00 bits per heavy atom. The third-order valence-corrected chi connectivity index (χ3v) is 2.18. The van der Waals surface area contributed by atoms with Gasteiger partial charge >= 0.3 is 0 Å². The fourth-order valence-electron chi connectivity index (χ4n) is 1.31. The van der Waals surface area contributed by atoms with Gasteiger partial charge in [0.15, 0.2) is 5.78 Å². The molecule has 0 aliphatic rings. The quantitative estimate of drug-likeness (QED) is 0.519. The largest absolute Gasteiger partial charge is 0.373 e. The van der Waals surface area contributed by atoms with Crippen LogP contribution in [0, 0.1) is 0 Å². The van der Waals surface area contributed by atoms with Crippen LogP contribution in [0.2, 0.25) is 0 Å². The van der Waals surface area contributed by atoms with Crippen LogP contribution in [0.15, 0.2) is 42.5 Å². The molecule has 0 saturated heterocycles. The summed E-state index contributed by atoms with van der Waals surface area (Å²) >= 11 is 0. The average Bonchev–Trinajstić information content (AvgIpc) is 2.25. The number of carbonyl (C=O) groups excluding carboxylic acids is 1. The highest BCUT2D eigenvalue weighted by Crippen LogP contribution is 2.01. The first-order chi connectivity index (χ1) is 7.68. The number of ketones is 1. The van der Waals surface area contributed by atoms with Crippen molar-refractivity contribution < 1.29 is 9.53 Å². The molecule has 0 radical (unpaired) electrons. The van der Waals surface area contributed by atoms with Gasteiger partial charge in [-0.05, 0) is 18.9 Å². The van der Waals surface area contributed by atoms with E-state index in [0.717, 1.165) is 17.6 Å². The third kappa shape index (κ3) is 5.47. The Morgan fingerprint density at radius 1 is 1.31 bits per heavy atom. The number of hydrogen-bond acceptors (Lipinski definition) is 2. The standard InChI is InChI=1S/C14H18O2/c1-12(2)8-9-16-11-14(15)10-13-6-4-3-5-7-13/h3-7H,1,8-11H2,2H3. The lowest BCUT2D eigenvalue weighted by Gasteiger charge is -2.03. The molecule has 1 aromatic rings. The lowest BCUT2D eigenvalue weighted by molar-refractivity contribution is -0.122. The Balaban J connectivity index is 2.19. The first kappa shape index (κ1) is 12.7. The van der Waals surface area contributed by atoms with Gasteiger partial charge in [0, 0.05) is 6.42 Å². The molecule has 0 amide bonds. The molecular formula is C14H18O2. The molecular weight excluding hydrogens is 200 g/mol. The summed E-state index contributed by atoms with van der Waals surface area (Å²) in [5.41, 5.74) is 2.12. The van der Waals surface area contributed by atoms with E-state index in [2.05, 4.69) is 6.58 Å². The lowest BCUT2D eigenvalue weighted by atomic mass is 10.1. The molecule has 0 aliphatic heterocycles. The summed E-state index contributed by atoms with van der Waals surface area (Å²) in [5.74, 6) is 0.118. The molecule has 2 heteroatoms. The zero-order valence-electron chi connectivity index (χ0n) is 9.74. The molecule has 0 aromatic heterocycles. The fraction of sp³-hybridized carbons (Fsp3) is 0.357. The number of Topliss-reactive ketones (excluding diaryl/α,β-unsaturated/α-hetero) is 1. The summed E-state index contributed by atoms with van der Waals surface area (Å²) in [4.78, 5) is 11.5. The topological polar surface area (TPSA) is 26.3 Å². The Hall–Kier alpha value is -1.41. The average molecular weight is 218 g/mol. The monoisotopic (exact) mass is 218 g/mol. The summed E-state index contributed by atoms with van der Waals surface area (Å²) in [5, 5.41) is 0. The summed E-state index contributed by atoms with van der Waals surface area (Å²) < 4.78 is 5.27. The molecule has 0 fully saturated rings. The van der Waals surface area contributed by atoms with E-state index in [1.165, 1.54) is 0 Å². The van der Waals surface area contributed by atoms with Gasteiger partial charge in [0.2, 0.25) is 0 Å². The Kier molecular flexibility index (Phi) is 5.51. The van der Waals surface area contributed by atoms with E-state index in [9.17, 15) is 4.79 Å². The minimum Gasteiger partial charge on any atom is -0.373 e. The van der Waals surface area contributed by atoms with Crippen LogP contribution >= 0.6 is 0 Å². The third-order valence-electron chi connectivity index (χ3n) is 2.18. The van der Waals surface area contributed by atoms with Crippen molar-refractivity contribution in [3.8, 4) is 0 Å². The van der Waals surface area contributed by atoms with Crippen LogP contribution < -0.4 is 0 Å². The number of hydrogen-bond donors (Lipinski definition) is 0. The van der Waals surface area contributed by atoms with Gasteiger partial charge in [-0.15, -0.1) is 6.58 Å². The first-order valence-electron chi connectivity index (χ1n) is 5.46. The zero-order chi connectivity index (χ0) is 11.8. The lowest BCUT2D eigenvalue weighted by Crippen LogP contribution is -2.12. The van der Waals surface area contributed by atoms with Gasteiger partial charge in [0.05, 0.1) is 6.61 Å². The molecule has 0 spiro atoms. The first-order valence-corrected chi connectivity index (χ1v) is 5.46. The van der Waals surface area contributed by atoms with E-state index in [-0.39, 0.29) is 12.4 Å². The van der Waals surface area contributed by atoms with Crippen molar-refractivity contribution >= 4 is 5.78 Å². The highest BCUT2D eigenvalue weighted by atomic mass is 16.5. The van der Waals surface area contributed by atoms with E-state index in [1.807, 2.05) is 37.3 Å². The number of carbonyl (C=O) groups is 1. The van der Waals surface area contributed by atoms with Crippen LogP contribution in [0.3, 0.4) is 0 Å². The van der Waals surface area contributed by atoms with Gasteiger partial charge in [0.25, 0.3) is 0 Å². The summed E-state index contributed by atoms with van der Waals surface area (Å²) in [6.07, 6.45) is 1.27. The van der Waals surface area contributed by atoms with E-state index in [1.54, 1.807) is 0 Å². The van der Waals surface area contributed by atoms with Crippen molar-refractivity contribution in [2.24, 2.45) is 0 Å². The van der Waals surface area contributed by atoms with Crippen LogP contribution in [0.5, 0.6) is 0 Å². The maximum Gasteiger partial charge on any atom is 0.162 e. The van der Waals surface area contributed by atoms with Crippen molar-refractivity contribution in [1.29, 1.82) is 0 Å². The zero-order valence-corrected chi connectivity index (χ0v) is 9.74. The molecule has 0 unspecified atom stereocenters. The second-order valence-electron chi connectivity index (χ2n) is 3.96. The second kappa shape index (κ2) is 6.96. The molecule has 1 rings (SSSR count). The van der Waals surface area contributed by atoms with Crippen molar-refractivity contribution in [2.45, 2.75) is 19.8 Å². The summed E-state index contributed by atoms with van der Waals surface area (Å²) in [7, 11) is 0. The SMILES string of the molecule is C=C(C)CCOCC(=O)Cc1ccccc1. The number of benzene rings is 1. The van der Waals surface area contributed by atoms with Crippen LogP contribution in [0.1, 0.15) is 18.9 Å². The van der Waals surface area contributed by atoms with E-state index >= 15 is 0 Å². The molecule has 0 heterocycles. The molecule has 0 aliphatic carbocycles. The smallest absolute Gasteiger partial charge is 0.162 e. The highest BCUT2D eigenvalue weighted by molar-refractivity contribution is 5.81. The maximum absolute atomic E-state index is 11.5. The van der Waals surface area contributed by atoms with Crippen molar-refractivity contribution in [1.82, 2.24) is 0 Å². The Morgan fingerprint density at radius 3 is 2.62 bits per heavy atom. The number of rotatable bonds is 7. The molecule has 0 saturated carbocycles. The maximum atomic E-state index is 11.5. The molecule has 0 N–H and O–H groups in total. The van der Waals surface area contributed by atoms with Crippen LogP contribution in [0.4, 0.5) is 0 Å². The molecule has 1 aromatic carbocycles. The molecule has 2 nitrogen and oxygen atoms in total. The predicted molar refractivity (Wildman–Crippen MR) is 65.4 cm³/mol. The summed E-state index contributed by atoms with van der Waals surface area (Å²) in [6.45, 7) is 6.50. The van der Waals surface area contributed by atoms with Crippen molar-refractivity contribution in [3.63, 3.8) is 0 Å². The number of ether oxygens (including phenoxy) is 1. The minimum atomic E-state index is 0.118. The van der Waals surface area contributed by atoms with Gasteiger partial charge in [0.1, 0.15) is 6.61 Å². The van der Waals surface area contributed by atoms with Crippen molar-refractivity contribution in [3.05, 3.63) is 48.0 Å². The molecule has 0 bridgehead atoms. The normalized spacial score (nSPS) is 10.1. The van der Waals surface area contributed by atoms with Crippen molar-refractivity contribution in [2.75, 3.05) is 13.2 Å². The Bertz CT molecular complexity index is 341. The molecule has 0 atom stereocenters. The van der Waals surface area contributed by atoms with Gasteiger partial charge in [-0.2, -0.15) is 0 Å². The molecule has 16 heavy (non-hydrogen) atoms. The Labute approximate surface area is 96.9 Å². The van der Waals surface area contributed by atoms with E-state index < -0.39 is 0 Å². The predicted octanol–water partition coefficient (Wildman–Crippen LogP) is 2.78. The van der Waals surface area contributed by atoms with Gasteiger partial charge in [-0.3, -0.25) is 4.79 Å². The van der Waals surface area contributed by atoms with Gasteiger partial charge in [-0.25, -0.2) is 0 Å². The van der Waals surface area contributed by atoms with Crippen LogP contribution in [0.25, 0.3) is 0 Å². The van der Waals surface area contributed by atoms with E-state index in [4.69, 9.17) is 4.74 Å². The van der Waals surface area contributed by atoms with Gasteiger partial charge in [-0.1, -0.05) is 35.9 Å². The second-order valence-corrected chi connectivity index (χ2v) is 3.96. The van der Waals surface area contributed by atoms with Gasteiger partial charge < -0.3 is 4.74 Å². The van der Waals surface area contributed by atoms with Crippen LogP contribution in [-0.4, -0.2) is 19.0 Å². The van der Waals surface area contributed by atoms with Crippen LogP contribution in [-0.2, 0) is 16.0 Å². The van der Waals surface area contributed by atoms with E-state index in [0.29, 0.717) is 13.0 Å². The molecule has 86 valence electrons.